The first-order valence-corrected chi connectivity index (χ1v) is 4.91. The lowest BCUT2D eigenvalue weighted by molar-refractivity contribution is 0.158. The van der Waals surface area contributed by atoms with Crippen LogP contribution in [0.15, 0.2) is 12.3 Å². The Morgan fingerprint density at radius 2 is 2.31 bits per heavy atom. The highest BCUT2D eigenvalue weighted by molar-refractivity contribution is 5.58. The van der Waals surface area contributed by atoms with Crippen LogP contribution in [0.25, 0.3) is 0 Å². The standard InChI is InChI=1S/C11H16N4O/c1-11(2,7-16-3)15-10-8(5-12)4-9(13)6-14-10/h4,6H,7,13H2,1-3H3,(H,14,15). The fourth-order valence-electron chi connectivity index (χ4n) is 1.38. The highest BCUT2D eigenvalue weighted by atomic mass is 16.5. The zero-order chi connectivity index (χ0) is 12.2. The molecule has 0 spiro atoms. The molecule has 86 valence electrons. The van der Waals surface area contributed by atoms with Gasteiger partial charge in [0.1, 0.15) is 11.9 Å². The van der Waals surface area contributed by atoms with E-state index >= 15 is 0 Å². The molecule has 5 nitrogen and oxygen atoms in total. The number of nitrogens with zero attached hydrogens (tertiary/aromatic N) is 2. The van der Waals surface area contributed by atoms with E-state index in [1.54, 1.807) is 13.2 Å². The molecule has 0 saturated carbocycles. The van der Waals surface area contributed by atoms with E-state index < -0.39 is 0 Å². The topological polar surface area (TPSA) is 84.0 Å². The Balaban J connectivity index is 2.93. The van der Waals surface area contributed by atoms with E-state index in [0.717, 1.165) is 0 Å². The van der Waals surface area contributed by atoms with E-state index in [0.29, 0.717) is 23.7 Å². The third kappa shape index (κ3) is 3.11. The van der Waals surface area contributed by atoms with Gasteiger partial charge in [-0.3, -0.25) is 0 Å². The number of anilines is 2. The van der Waals surface area contributed by atoms with Gasteiger partial charge < -0.3 is 15.8 Å². The van der Waals surface area contributed by atoms with Gasteiger partial charge in [-0.1, -0.05) is 0 Å². The maximum Gasteiger partial charge on any atom is 0.144 e. The average Bonchev–Trinajstić information content (AvgIpc) is 2.20. The van der Waals surface area contributed by atoms with Gasteiger partial charge >= 0.3 is 0 Å². The van der Waals surface area contributed by atoms with Gasteiger partial charge in [-0.15, -0.1) is 0 Å². The van der Waals surface area contributed by atoms with E-state index in [1.165, 1.54) is 6.20 Å². The van der Waals surface area contributed by atoms with Crippen molar-refractivity contribution in [1.29, 1.82) is 5.26 Å². The van der Waals surface area contributed by atoms with Crippen molar-refractivity contribution in [2.75, 3.05) is 24.8 Å². The fraction of sp³-hybridized carbons (Fsp3) is 0.455. The third-order valence-electron chi connectivity index (χ3n) is 1.99. The normalized spacial score (nSPS) is 10.9. The summed E-state index contributed by atoms with van der Waals surface area (Å²) in [5.41, 5.74) is 6.18. The Morgan fingerprint density at radius 3 is 2.88 bits per heavy atom. The number of nitriles is 1. The van der Waals surface area contributed by atoms with Gasteiger partial charge in [0.2, 0.25) is 0 Å². The Labute approximate surface area is 95.2 Å². The molecule has 5 heteroatoms. The van der Waals surface area contributed by atoms with Crippen LogP contribution in [-0.4, -0.2) is 24.2 Å². The second-order valence-corrected chi connectivity index (χ2v) is 4.22. The van der Waals surface area contributed by atoms with Crippen LogP contribution in [0.3, 0.4) is 0 Å². The van der Waals surface area contributed by atoms with Gasteiger partial charge in [0.15, 0.2) is 0 Å². The molecule has 0 aliphatic heterocycles. The fourth-order valence-corrected chi connectivity index (χ4v) is 1.38. The summed E-state index contributed by atoms with van der Waals surface area (Å²) in [7, 11) is 1.63. The van der Waals surface area contributed by atoms with Crippen LogP contribution in [0.2, 0.25) is 0 Å². The van der Waals surface area contributed by atoms with E-state index in [9.17, 15) is 0 Å². The van der Waals surface area contributed by atoms with Gasteiger partial charge in [0.05, 0.1) is 29.6 Å². The summed E-state index contributed by atoms with van der Waals surface area (Å²) in [6.45, 7) is 4.45. The molecule has 0 atom stereocenters. The molecule has 0 radical (unpaired) electrons. The summed E-state index contributed by atoms with van der Waals surface area (Å²) in [5.74, 6) is 0.527. The van der Waals surface area contributed by atoms with Crippen molar-refractivity contribution >= 4 is 11.5 Å². The molecule has 0 aliphatic rings. The maximum atomic E-state index is 8.95. The molecule has 0 bridgehead atoms. The summed E-state index contributed by atoms with van der Waals surface area (Å²) in [6.07, 6.45) is 1.52. The molecule has 1 heterocycles. The second-order valence-electron chi connectivity index (χ2n) is 4.22. The van der Waals surface area contributed by atoms with E-state index in [2.05, 4.69) is 16.4 Å². The summed E-state index contributed by atoms with van der Waals surface area (Å²) in [6, 6.07) is 3.65. The van der Waals surface area contributed by atoms with Crippen molar-refractivity contribution in [3.05, 3.63) is 17.8 Å². The number of rotatable bonds is 4. The lowest BCUT2D eigenvalue weighted by atomic mass is 10.1. The lowest BCUT2D eigenvalue weighted by Gasteiger charge is -2.26. The van der Waals surface area contributed by atoms with Crippen molar-refractivity contribution in [3.8, 4) is 6.07 Å². The minimum absolute atomic E-state index is 0.288. The van der Waals surface area contributed by atoms with Gasteiger partial charge in [-0.2, -0.15) is 5.26 Å². The summed E-state index contributed by atoms with van der Waals surface area (Å²) in [5, 5.41) is 12.1. The minimum Gasteiger partial charge on any atom is -0.397 e. The monoisotopic (exact) mass is 220 g/mol. The average molecular weight is 220 g/mol. The van der Waals surface area contributed by atoms with Crippen LogP contribution in [-0.2, 0) is 4.74 Å². The number of aromatic nitrogens is 1. The molecule has 1 aromatic rings. The van der Waals surface area contributed by atoms with Crippen molar-refractivity contribution < 1.29 is 4.74 Å². The molecule has 0 aliphatic carbocycles. The summed E-state index contributed by atoms with van der Waals surface area (Å²) < 4.78 is 5.08. The highest BCUT2D eigenvalue weighted by Crippen LogP contribution is 2.19. The maximum absolute atomic E-state index is 8.95. The third-order valence-corrected chi connectivity index (χ3v) is 1.99. The van der Waals surface area contributed by atoms with E-state index in [-0.39, 0.29) is 5.54 Å². The van der Waals surface area contributed by atoms with Crippen molar-refractivity contribution in [2.24, 2.45) is 0 Å². The predicted molar refractivity (Wildman–Crippen MR) is 62.9 cm³/mol. The Hall–Kier alpha value is -1.80. The molecular weight excluding hydrogens is 204 g/mol. The van der Waals surface area contributed by atoms with E-state index in [1.807, 2.05) is 13.8 Å². The zero-order valence-electron chi connectivity index (χ0n) is 9.74. The molecular formula is C11H16N4O. The first-order chi connectivity index (χ1) is 7.48. The van der Waals surface area contributed by atoms with Crippen molar-refractivity contribution in [3.63, 3.8) is 0 Å². The minimum atomic E-state index is -0.288. The number of nitrogens with two attached hydrogens (primary N) is 1. The largest absolute Gasteiger partial charge is 0.397 e. The summed E-state index contributed by atoms with van der Waals surface area (Å²) in [4.78, 5) is 4.10. The number of hydrogen-bond donors (Lipinski definition) is 2. The second kappa shape index (κ2) is 4.81. The van der Waals surface area contributed by atoms with Crippen LogP contribution in [0, 0.1) is 11.3 Å². The Kier molecular flexibility index (Phi) is 3.69. The smallest absolute Gasteiger partial charge is 0.144 e. The molecule has 1 rings (SSSR count). The highest BCUT2D eigenvalue weighted by Gasteiger charge is 2.19. The van der Waals surface area contributed by atoms with Gasteiger partial charge in [-0.25, -0.2) is 4.98 Å². The number of ether oxygens (including phenoxy) is 1. The molecule has 16 heavy (non-hydrogen) atoms. The first-order valence-electron chi connectivity index (χ1n) is 4.91. The first kappa shape index (κ1) is 12.3. The van der Waals surface area contributed by atoms with Crippen molar-refractivity contribution in [1.82, 2.24) is 4.98 Å². The predicted octanol–water partition coefficient (Wildman–Crippen LogP) is 1.37. The quantitative estimate of drug-likeness (QED) is 0.800. The van der Waals surface area contributed by atoms with Crippen LogP contribution in [0.4, 0.5) is 11.5 Å². The Bertz CT molecular complexity index is 409. The van der Waals surface area contributed by atoms with Crippen LogP contribution >= 0.6 is 0 Å². The number of methoxy groups -OCH3 is 1. The van der Waals surface area contributed by atoms with Gasteiger partial charge in [-0.05, 0) is 19.9 Å². The number of pyridine rings is 1. The molecule has 0 fully saturated rings. The number of nitrogen functional groups attached to an aromatic ring is 1. The van der Waals surface area contributed by atoms with Crippen LogP contribution < -0.4 is 11.1 Å². The molecule has 0 amide bonds. The molecule has 0 saturated heterocycles. The van der Waals surface area contributed by atoms with Crippen LogP contribution in [0.5, 0.6) is 0 Å². The molecule has 0 aromatic carbocycles. The van der Waals surface area contributed by atoms with Crippen LogP contribution in [0.1, 0.15) is 19.4 Å². The lowest BCUT2D eigenvalue weighted by Crippen LogP contribution is -2.36. The number of hydrogen-bond acceptors (Lipinski definition) is 5. The molecule has 3 N–H and O–H groups in total. The number of nitrogens with one attached hydrogen (secondary N) is 1. The zero-order valence-corrected chi connectivity index (χ0v) is 9.74. The summed E-state index contributed by atoms with van der Waals surface area (Å²) >= 11 is 0. The molecule has 1 aromatic heterocycles. The molecule has 0 unspecified atom stereocenters. The van der Waals surface area contributed by atoms with Gasteiger partial charge in [0, 0.05) is 7.11 Å². The van der Waals surface area contributed by atoms with E-state index in [4.69, 9.17) is 15.7 Å². The van der Waals surface area contributed by atoms with Gasteiger partial charge in [0.25, 0.3) is 0 Å². The Morgan fingerprint density at radius 1 is 1.62 bits per heavy atom. The van der Waals surface area contributed by atoms with Crippen molar-refractivity contribution in [2.45, 2.75) is 19.4 Å². The SMILES string of the molecule is COCC(C)(C)Nc1ncc(N)cc1C#N.